The molecule has 1 aliphatic rings. The summed E-state index contributed by atoms with van der Waals surface area (Å²) in [6.45, 7) is 6.12. The molecule has 1 heterocycles. The highest BCUT2D eigenvalue weighted by Gasteiger charge is 2.22. The number of rotatable bonds is 2. The van der Waals surface area contributed by atoms with Gasteiger partial charge in [0.2, 0.25) is 0 Å². The number of halogens is 1. The van der Waals surface area contributed by atoms with Crippen molar-refractivity contribution >= 4 is 0 Å². The molecule has 108 valence electrons. The second-order valence-electron chi connectivity index (χ2n) is 5.77. The van der Waals surface area contributed by atoms with Gasteiger partial charge in [0.1, 0.15) is 12.4 Å². The molecule has 0 aliphatic carbocycles. The summed E-state index contributed by atoms with van der Waals surface area (Å²) >= 11 is 0. The summed E-state index contributed by atoms with van der Waals surface area (Å²) in [4.78, 5) is 2.41. The summed E-state index contributed by atoms with van der Waals surface area (Å²) in [6, 6.07) is 5.45. The van der Waals surface area contributed by atoms with Gasteiger partial charge in [-0.2, -0.15) is 0 Å². The average molecular weight is 275 g/mol. The van der Waals surface area contributed by atoms with E-state index in [1.807, 2.05) is 6.07 Å². The molecule has 1 fully saturated rings. The predicted octanol–water partition coefficient (Wildman–Crippen LogP) is 2.79. The summed E-state index contributed by atoms with van der Waals surface area (Å²) < 4.78 is 13.6. The molecule has 1 aliphatic heterocycles. The number of hydrogen-bond donors (Lipinski definition) is 1. The van der Waals surface area contributed by atoms with E-state index < -0.39 is 0 Å². The maximum absolute atomic E-state index is 13.6. The van der Waals surface area contributed by atoms with Crippen molar-refractivity contribution in [3.05, 3.63) is 35.1 Å². The minimum absolute atomic E-state index is 0.202. The minimum Gasteiger partial charge on any atom is -0.384 e. The normalized spacial score (nSPS) is 23.2. The van der Waals surface area contributed by atoms with Crippen molar-refractivity contribution in [2.24, 2.45) is 5.92 Å². The van der Waals surface area contributed by atoms with Crippen molar-refractivity contribution in [3.8, 4) is 11.8 Å². The number of likely N-dealkylation sites (tertiary alicyclic amines) is 1. The lowest BCUT2D eigenvalue weighted by atomic mass is 9.94. The van der Waals surface area contributed by atoms with Gasteiger partial charge >= 0.3 is 0 Å². The Labute approximate surface area is 120 Å². The van der Waals surface area contributed by atoms with E-state index in [1.54, 1.807) is 6.07 Å². The van der Waals surface area contributed by atoms with Gasteiger partial charge < -0.3 is 5.11 Å². The number of hydrogen-bond acceptors (Lipinski definition) is 2. The van der Waals surface area contributed by atoms with Gasteiger partial charge in [-0.1, -0.05) is 18.8 Å². The van der Waals surface area contributed by atoms with Gasteiger partial charge in [-0.05, 0) is 49.4 Å². The Morgan fingerprint density at radius 2 is 2.10 bits per heavy atom. The largest absolute Gasteiger partial charge is 0.384 e. The molecule has 2 rings (SSSR count). The van der Waals surface area contributed by atoms with Crippen LogP contribution in [0, 0.1) is 23.6 Å². The molecule has 1 aromatic rings. The van der Waals surface area contributed by atoms with Crippen molar-refractivity contribution in [2.45, 2.75) is 39.3 Å². The molecular weight excluding hydrogens is 253 g/mol. The molecule has 0 radical (unpaired) electrons. The van der Waals surface area contributed by atoms with Crippen LogP contribution in [0.1, 0.15) is 37.8 Å². The summed E-state index contributed by atoms with van der Waals surface area (Å²) in [5, 5.41) is 8.72. The number of aliphatic hydroxyl groups is 1. The summed E-state index contributed by atoms with van der Waals surface area (Å²) in [7, 11) is 0. The van der Waals surface area contributed by atoms with E-state index in [1.165, 1.54) is 18.9 Å². The van der Waals surface area contributed by atoms with Crippen LogP contribution in [0.5, 0.6) is 0 Å². The average Bonchev–Trinajstić information content (AvgIpc) is 2.40. The zero-order valence-electron chi connectivity index (χ0n) is 12.2. The molecule has 0 saturated carbocycles. The Bertz CT molecular complexity index is 517. The Kier molecular flexibility index (Phi) is 5.17. The van der Waals surface area contributed by atoms with Crippen molar-refractivity contribution in [2.75, 3.05) is 13.2 Å². The number of benzene rings is 1. The lowest BCUT2D eigenvalue weighted by Gasteiger charge is -2.36. The minimum atomic E-state index is -0.262. The topological polar surface area (TPSA) is 23.5 Å². The van der Waals surface area contributed by atoms with Crippen molar-refractivity contribution in [1.82, 2.24) is 4.90 Å². The third-order valence-corrected chi connectivity index (χ3v) is 3.90. The van der Waals surface area contributed by atoms with E-state index in [2.05, 4.69) is 30.6 Å². The van der Waals surface area contributed by atoms with E-state index in [0.717, 1.165) is 18.7 Å². The first-order valence-electron chi connectivity index (χ1n) is 7.21. The Hall–Kier alpha value is -1.37. The van der Waals surface area contributed by atoms with E-state index in [0.29, 0.717) is 17.5 Å². The quantitative estimate of drug-likeness (QED) is 0.839. The van der Waals surface area contributed by atoms with Crippen LogP contribution in [-0.2, 0) is 6.54 Å². The van der Waals surface area contributed by atoms with Crippen LogP contribution in [0.2, 0.25) is 0 Å². The lowest BCUT2D eigenvalue weighted by Crippen LogP contribution is -2.40. The van der Waals surface area contributed by atoms with Crippen LogP contribution in [-0.4, -0.2) is 29.2 Å². The molecule has 0 bridgehead atoms. The van der Waals surface area contributed by atoms with Crippen molar-refractivity contribution < 1.29 is 9.50 Å². The van der Waals surface area contributed by atoms with Gasteiger partial charge in [0.15, 0.2) is 0 Å². The van der Waals surface area contributed by atoms with Crippen molar-refractivity contribution in [1.29, 1.82) is 0 Å². The summed E-state index contributed by atoms with van der Waals surface area (Å²) in [5.74, 6) is 5.78. The number of nitrogens with zero attached hydrogens (tertiary/aromatic N) is 1. The van der Waals surface area contributed by atoms with Gasteiger partial charge in [0.25, 0.3) is 0 Å². The Morgan fingerprint density at radius 1 is 1.30 bits per heavy atom. The van der Waals surface area contributed by atoms with E-state index in [-0.39, 0.29) is 12.4 Å². The molecule has 1 aromatic carbocycles. The molecule has 0 aromatic heterocycles. The smallest absolute Gasteiger partial charge is 0.124 e. The summed E-state index contributed by atoms with van der Waals surface area (Å²) in [5.41, 5.74) is 1.58. The maximum atomic E-state index is 13.6. The summed E-state index contributed by atoms with van der Waals surface area (Å²) in [6.07, 6.45) is 2.47. The van der Waals surface area contributed by atoms with E-state index in [9.17, 15) is 4.39 Å². The van der Waals surface area contributed by atoms with Gasteiger partial charge in [0.05, 0.1) is 0 Å². The lowest BCUT2D eigenvalue weighted by molar-refractivity contribution is 0.117. The van der Waals surface area contributed by atoms with Gasteiger partial charge in [-0.3, -0.25) is 4.90 Å². The van der Waals surface area contributed by atoms with Crippen molar-refractivity contribution in [3.63, 3.8) is 0 Å². The third-order valence-electron chi connectivity index (χ3n) is 3.90. The van der Waals surface area contributed by atoms with Gasteiger partial charge in [0, 0.05) is 24.7 Å². The Morgan fingerprint density at radius 3 is 2.85 bits per heavy atom. The molecule has 2 atom stereocenters. The second kappa shape index (κ2) is 6.88. The predicted molar refractivity (Wildman–Crippen MR) is 78.6 cm³/mol. The molecule has 20 heavy (non-hydrogen) atoms. The highest BCUT2D eigenvalue weighted by molar-refractivity contribution is 5.37. The highest BCUT2D eigenvalue weighted by Crippen LogP contribution is 2.23. The van der Waals surface area contributed by atoms with Crippen LogP contribution in [0.15, 0.2) is 18.2 Å². The molecule has 1 saturated heterocycles. The van der Waals surface area contributed by atoms with Gasteiger partial charge in [-0.15, -0.1) is 0 Å². The molecule has 0 spiro atoms. The van der Waals surface area contributed by atoms with Crippen LogP contribution in [0.3, 0.4) is 0 Å². The second-order valence-corrected chi connectivity index (χ2v) is 5.77. The zero-order valence-corrected chi connectivity index (χ0v) is 12.2. The fourth-order valence-electron chi connectivity index (χ4n) is 2.79. The highest BCUT2D eigenvalue weighted by atomic mass is 19.1. The fourth-order valence-corrected chi connectivity index (χ4v) is 2.79. The number of aliphatic hydroxyl groups excluding tert-OH is 1. The van der Waals surface area contributed by atoms with E-state index >= 15 is 0 Å². The van der Waals surface area contributed by atoms with Crippen LogP contribution in [0.4, 0.5) is 4.39 Å². The molecule has 1 N–H and O–H groups in total. The number of piperidine rings is 1. The van der Waals surface area contributed by atoms with Crippen LogP contribution >= 0.6 is 0 Å². The first-order valence-corrected chi connectivity index (χ1v) is 7.21. The van der Waals surface area contributed by atoms with Crippen LogP contribution < -0.4 is 0 Å². The zero-order chi connectivity index (χ0) is 14.5. The Balaban J connectivity index is 2.14. The monoisotopic (exact) mass is 275 g/mol. The maximum Gasteiger partial charge on any atom is 0.124 e. The molecule has 0 amide bonds. The van der Waals surface area contributed by atoms with E-state index in [4.69, 9.17) is 5.11 Å². The first-order chi connectivity index (χ1) is 9.58. The van der Waals surface area contributed by atoms with Gasteiger partial charge in [-0.25, -0.2) is 4.39 Å². The fraction of sp³-hybridized carbons (Fsp3) is 0.529. The molecule has 2 unspecified atom stereocenters. The standard InChI is InChI=1S/C17H22FNO/c1-13-5-6-14(2)19(11-13)12-16-8-15(4-3-7-20)9-17(18)10-16/h8-10,13-14,20H,5-7,11-12H2,1-2H3. The molecule has 2 nitrogen and oxygen atoms in total. The van der Waals surface area contributed by atoms with Crippen LogP contribution in [0.25, 0.3) is 0 Å². The molecule has 3 heteroatoms. The SMILES string of the molecule is CC1CCC(C)N(Cc2cc(F)cc(C#CCO)c2)C1. The molecular formula is C17H22FNO. The first kappa shape index (κ1) is 15.0. The third kappa shape index (κ3) is 4.06.